The third-order valence-electron chi connectivity index (χ3n) is 4.76. The largest absolute Gasteiger partial charge is 0.383 e. The minimum Gasteiger partial charge on any atom is -0.383 e. The van der Waals surface area contributed by atoms with Gasteiger partial charge in [0.2, 0.25) is 5.91 Å². The Bertz CT molecular complexity index is 725. The Morgan fingerprint density at radius 3 is 3.04 bits per heavy atom. The van der Waals surface area contributed by atoms with Gasteiger partial charge in [-0.3, -0.25) is 4.79 Å². The van der Waals surface area contributed by atoms with Gasteiger partial charge in [-0.05, 0) is 38.3 Å². The summed E-state index contributed by atoms with van der Waals surface area (Å²) in [7, 11) is 1.70. The fraction of sp³-hybridized carbons (Fsp3) is 0.632. The molecule has 142 valence electrons. The number of nitrogens with one attached hydrogen (secondary N) is 1. The topological polar surface area (TPSA) is 78.3 Å². The fourth-order valence-electron chi connectivity index (χ4n) is 3.48. The lowest BCUT2D eigenvalue weighted by Crippen LogP contribution is -2.38. The van der Waals surface area contributed by atoms with E-state index in [0.29, 0.717) is 13.0 Å². The van der Waals surface area contributed by atoms with Crippen LogP contribution >= 0.6 is 0 Å². The van der Waals surface area contributed by atoms with E-state index in [0.717, 1.165) is 55.9 Å². The van der Waals surface area contributed by atoms with Crippen LogP contribution in [0.3, 0.4) is 0 Å². The molecule has 0 saturated carbocycles. The molecule has 0 unspecified atom stereocenters. The first-order valence-electron chi connectivity index (χ1n) is 9.37. The predicted molar refractivity (Wildman–Crippen MR) is 99.0 cm³/mol. The van der Waals surface area contributed by atoms with Crippen molar-refractivity contribution in [1.82, 2.24) is 19.9 Å². The summed E-state index contributed by atoms with van der Waals surface area (Å²) in [5.41, 5.74) is 1.76. The third-order valence-corrected chi connectivity index (χ3v) is 4.76. The van der Waals surface area contributed by atoms with E-state index in [4.69, 9.17) is 14.5 Å². The molecule has 0 radical (unpaired) electrons. The molecule has 2 aromatic heterocycles. The zero-order valence-electron chi connectivity index (χ0n) is 15.6. The molecule has 3 rings (SSSR count). The average Bonchev–Trinajstić information content (AvgIpc) is 3.01. The van der Waals surface area contributed by atoms with E-state index in [9.17, 15) is 4.79 Å². The lowest BCUT2D eigenvalue weighted by molar-refractivity contribution is -0.122. The molecular weight excluding hydrogens is 332 g/mol. The van der Waals surface area contributed by atoms with Gasteiger partial charge < -0.3 is 19.4 Å². The summed E-state index contributed by atoms with van der Waals surface area (Å²) in [6, 6.07) is 4.27. The predicted octanol–water partition coefficient (Wildman–Crippen LogP) is 2.26. The number of imidazole rings is 1. The molecule has 7 nitrogen and oxygen atoms in total. The third kappa shape index (κ3) is 4.59. The van der Waals surface area contributed by atoms with Crippen LogP contribution in [0.5, 0.6) is 0 Å². The van der Waals surface area contributed by atoms with E-state index in [1.165, 1.54) is 0 Å². The maximum absolute atomic E-state index is 12.2. The van der Waals surface area contributed by atoms with Crippen LogP contribution < -0.4 is 5.32 Å². The monoisotopic (exact) mass is 360 g/mol. The quantitative estimate of drug-likeness (QED) is 0.781. The van der Waals surface area contributed by atoms with Crippen LogP contribution in [0.25, 0.3) is 11.2 Å². The second-order valence-corrected chi connectivity index (χ2v) is 6.86. The Hall–Kier alpha value is -1.99. The minimum atomic E-state index is 0.114. The van der Waals surface area contributed by atoms with Gasteiger partial charge in [0.15, 0.2) is 5.65 Å². The first-order valence-corrected chi connectivity index (χ1v) is 9.37. The number of carbonyl (C=O) groups excluding carboxylic acids is 1. The van der Waals surface area contributed by atoms with Crippen LogP contribution in [0.15, 0.2) is 18.3 Å². The van der Waals surface area contributed by atoms with E-state index in [-0.39, 0.29) is 18.0 Å². The van der Waals surface area contributed by atoms with Gasteiger partial charge in [0.05, 0.1) is 12.6 Å². The molecule has 0 aliphatic carbocycles. The molecule has 1 aliphatic rings. The lowest BCUT2D eigenvalue weighted by Gasteiger charge is -2.23. The maximum atomic E-state index is 12.2. The molecule has 0 spiro atoms. The van der Waals surface area contributed by atoms with Crippen molar-refractivity contribution >= 4 is 17.1 Å². The summed E-state index contributed by atoms with van der Waals surface area (Å²) in [5, 5.41) is 3.11. The molecular formula is C19H28N4O3. The molecule has 1 aliphatic heterocycles. The molecule has 2 aromatic rings. The molecule has 1 fully saturated rings. The number of aryl methyl sites for hydroxylation is 1. The zero-order valence-corrected chi connectivity index (χ0v) is 15.6. The molecule has 1 amide bonds. The van der Waals surface area contributed by atoms with Crippen molar-refractivity contribution in [3.05, 3.63) is 24.2 Å². The molecule has 1 atom stereocenters. The van der Waals surface area contributed by atoms with Crippen molar-refractivity contribution in [2.24, 2.45) is 0 Å². The molecule has 7 heteroatoms. The van der Waals surface area contributed by atoms with Gasteiger partial charge in [-0.25, -0.2) is 9.97 Å². The van der Waals surface area contributed by atoms with Crippen molar-refractivity contribution in [2.75, 3.05) is 26.9 Å². The highest BCUT2D eigenvalue weighted by atomic mass is 16.5. The Morgan fingerprint density at radius 1 is 1.46 bits per heavy atom. The van der Waals surface area contributed by atoms with Crippen molar-refractivity contribution < 1.29 is 14.3 Å². The van der Waals surface area contributed by atoms with Gasteiger partial charge >= 0.3 is 0 Å². The molecule has 0 bridgehead atoms. The summed E-state index contributed by atoms with van der Waals surface area (Å²) in [6.45, 7) is 4.17. The first kappa shape index (κ1) is 18.8. The average molecular weight is 360 g/mol. The molecule has 0 aromatic carbocycles. The summed E-state index contributed by atoms with van der Waals surface area (Å²) in [4.78, 5) is 21.4. The van der Waals surface area contributed by atoms with E-state index < -0.39 is 0 Å². The van der Waals surface area contributed by atoms with Crippen LogP contribution in [0, 0.1) is 0 Å². The summed E-state index contributed by atoms with van der Waals surface area (Å²) in [6.07, 6.45) is 5.60. The van der Waals surface area contributed by atoms with Crippen LogP contribution in [0.4, 0.5) is 0 Å². The van der Waals surface area contributed by atoms with Crippen molar-refractivity contribution in [1.29, 1.82) is 0 Å². The number of pyridine rings is 1. The van der Waals surface area contributed by atoms with Crippen LogP contribution in [-0.2, 0) is 20.7 Å². The van der Waals surface area contributed by atoms with Crippen molar-refractivity contribution in [3.8, 4) is 0 Å². The van der Waals surface area contributed by atoms with E-state index in [1.807, 2.05) is 12.1 Å². The van der Waals surface area contributed by atoms with Gasteiger partial charge in [0.1, 0.15) is 11.3 Å². The number of hydrogen-bond donors (Lipinski definition) is 1. The van der Waals surface area contributed by atoms with Gasteiger partial charge in [-0.2, -0.15) is 0 Å². The van der Waals surface area contributed by atoms with E-state index in [2.05, 4.69) is 21.8 Å². The maximum Gasteiger partial charge on any atom is 0.220 e. The smallest absolute Gasteiger partial charge is 0.220 e. The van der Waals surface area contributed by atoms with E-state index >= 15 is 0 Å². The number of carbonyl (C=O) groups is 1. The van der Waals surface area contributed by atoms with Crippen LogP contribution in [0.2, 0.25) is 0 Å². The second-order valence-electron chi connectivity index (χ2n) is 6.86. The number of hydrogen-bond acceptors (Lipinski definition) is 5. The number of amides is 1. The first-order chi connectivity index (χ1) is 12.7. The van der Waals surface area contributed by atoms with Crippen LogP contribution in [-0.4, -0.2) is 53.4 Å². The van der Waals surface area contributed by atoms with Crippen molar-refractivity contribution in [3.63, 3.8) is 0 Å². The second kappa shape index (κ2) is 9.09. The van der Waals surface area contributed by atoms with Crippen molar-refractivity contribution in [2.45, 2.75) is 51.1 Å². The van der Waals surface area contributed by atoms with Crippen LogP contribution in [0.1, 0.15) is 44.5 Å². The standard InChI is InChI=1S/C19H28N4O3/c1-14(13-25-2)23-17(22-16-5-4-10-20-19(16)23)6-3-7-18(24)21-15-8-11-26-12-9-15/h4-5,10,14-15H,3,6-9,11-13H2,1-2H3,(H,21,24)/t14-/m0/s1. The molecule has 1 saturated heterocycles. The SMILES string of the molecule is COC[C@H](C)n1c(CCCC(=O)NC2CCOCC2)nc2cccnc21. The van der Waals surface area contributed by atoms with Gasteiger partial charge in [0.25, 0.3) is 0 Å². The molecule has 1 N–H and O–H groups in total. The normalized spacial score (nSPS) is 16.7. The Morgan fingerprint density at radius 2 is 2.27 bits per heavy atom. The highest BCUT2D eigenvalue weighted by molar-refractivity contribution is 5.76. The fourth-order valence-corrected chi connectivity index (χ4v) is 3.48. The van der Waals surface area contributed by atoms with Gasteiger partial charge in [-0.1, -0.05) is 0 Å². The Labute approximate surface area is 154 Å². The minimum absolute atomic E-state index is 0.114. The highest BCUT2D eigenvalue weighted by Gasteiger charge is 2.18. The summed E-state index contributed by atoms with van der Waals surface area (Å²) >= 11 is 0. The number of aromatic nitrogens is 3. The Balaban J connectivity index is 1.61. The number of fused-ring (bicyclic) bond motifs is 1. The van der Waals surface area contributed by atoms with Gasteiger partial charge in [0, 0.05) is 45.4 Å². The number of nitrogens with zero attached hydrogens (tertiary/aromatic N) is 3. The number of ether oxygens (including phenoxy) is 2. The summed E-state index contributed by atoms with van der Waals surface area (Å²) < 4.78 is 12.8. The zero-order chi connectivity index (χ0) is 18.4. The number of rotatable bonds is 8. The molecule has 3 heterocycles. The lowest BCUT2D eigenvalue weighted by atomic mass is 10.1. The summed E-state index contributed by atoms with van der Waals surface area (Å²) in [5.74, 6) is 1.07. The number of methoxy groups -OCH3 is 1. The van der Waals surface area contributed by atoms with E-state index in [1.54, 1.807) is 13.3 Å². The molecule has 26 heavy (non-hydrogen) atoms. The van der Waals surface area contributed by atoms with Gasteiger partial charge in [-0.15, -0.1) is 0 Å². The Kier molecular flexibility index (Phi) is 6.57. The highest BCUT2D eigenvalue weighted by Crippen LogP contribution is 2.21.